The number of nitrogens with zero attached hydrogens (tertiary/aromatic N) is 1. The Morgan fingerprint density at radius 3 is 2.63 bits per heavy atom. The molecule has 0 saturated carbocycles. The highest BCUT2D eigenvalue weighted by atomic mass is 19.1. The summed E-state index contributed by atoms with van der Waals surface area (Å²) in [6.07, 6.45) is 1.52. The van der Waals surface area contributed by atoms with E-state index in [0.29, 0.717) is 11.1 Å². The highest BCUT2D eigenvalue weighted by molar-refractivity contribution is 6.10. The van der Waals surface area contributed by atoms with Crippen LogP contribution >= 0.6 is 0 Å². The summed E-state index contributed by atoms with van der Waals surface area (Å²) in [6, 6.07) is 15.0. The fourth-order valence-electron chi connectivity index (χ4n) is 1.99. The highest BCUT2D eigenvalue weighted by Gasteiger charge is 2.10. The topological polar surface area (TPSA) is 30.0 Å². The van der Waals surface area contributed by atoms with Gasteiger partial charge in [0.25, 0.3) is 0 Å². The second kappa shape index (κ2) is 4.61. The third-order valence-electron chi connectivity index (χ3n) is 2.94. The number of benzene rings is 2. The van der Waals surface area contributed by atoms with Crippen molar-refractivity contribution >= 4 is 16.7 Å². The van der Waals surface area contributed by atoms with Crippen molar-refractivity contribution in [2.75, 3.05) is 0 Å². The molecule has 1 heterocycles. The minimum Gasteiger partial charge on any atom is -0.289 e. The van der Waals surface area contributed by atoms with Crippen molar-refractivity contribution in [3.05, 3.63) is 77.7 Å². The molecule has 0 aliphatic heterocycles. The lowest BCUT2D eigenvalue weighted by molar-refractivity contribution is 0.103. The van der Waals surface area contributed by atoms with E-state index in [2.05, 4.69) is 4.98 Å². The summed E-state index contributed by atoms with van der Waals surface area (Å²) in [7, 11) is 0. The van der Waals surface area contributed by atoms with E-state index in [1.165, 1.54) is 24.4 Å². The maximum Gasteiger partial charge on any atom is 0.194 e. The minimum absolute atomic E-state index is 0.224. The Morgan fingerprint density at radius 1 is 0.947 bits per heavy atom. The number of ketones is 1. The van der Waals surface area contributed by atoms with Crippen LogP contribution in [0.5, 0.6) is 0 Å². The van der Waals surface area contributed by atoms with Gasteiger partial charge in [0.2, 0.25) is 0 Å². The molecule has 0 unspecified atom stereocenters. The maximum atomic E-state index is 13.1. The Kier molecular flexibility index (Phi) is 2.80. The molecule has 1 aromatic heterocycles. The molecule has 0 atom stereocenters. The predicted octanol–water partition coefficient (Wildman–Crippen LogP) is 3.60. The fourth-order valence-corrected chi connectivity index (χ4v) is 1.99. The van der Waals surface area contributed by atoms with E-state index in [4.69, 9.17) is 0 Å². The maximum absolute atomic E-state index is 13.1. The quantitative estimate of drug-likeness (QED) is 0.651. The summed E-state index contributed by atoms with van der Waals surface area (Å²) < 4.78 is 13.1. The smallest absolute Gasteiger partial charge is 0.194 e. The molecule has 0 aliphatic rings. The lowest BCUT2D eigenvalue weighted by Gasteiger charge is -2.03. The molecule has 92 valence electrons. The molecular weight excluding hydrogens is 241 g/mol. The SMILES string of the molecule is O=C(c1cccc(F)c1)c1cnc2ccccc2c1. The van der Waals surface area contributed by atoms with Gasteiger partial charge in [-0.3, -0.25) is 9.78 Å². The zero-order valence-electron chi connectivity index (χ0n) is 10.0. The van der Waals surface area contributed by atoms with E-state index in [-0.39, 0.29) is 5.78 Å². The number of aromatic nitrogens is 1. The zero-order valence-corrected chi connectivity index (χ0v) is 10.0. The number of pyridine rings is 1. The lowest BCUT2D eigenvalue weighted by Crippen LogP contribution is -2.02. The molecule has 3 heteroatoms. The molecule has 3 aromatic rings. The molecule has 0 fully saturated rings. The van der Waals surface area contributed by atoms with E-state index in [1.54, 1.807) is 12.1 Å². The van der Waals surface area contributed by atoms with Crippen LogP contribution in [0.4, 0.5) is 4.39 Å². The van der Waals surface area contributed by atoms with Crippen molar-refractivity contribution < 1.29 is 9.18 Å². The normalized spacial score (nSPS) is 10.6. The molecule has 0 amide bonds. The summed E-state index contributed by atoms with van der Waals surface area (Å²) in [4.78, 5) is 16.5. The van der Waals surface area contributed by atoms with Gasteiger partial charge < -0.3 is 0 Å². The van der Waals surface area contributed by atoms with Gasteiger partial charge in [0.05, 0.1) is 5.52 Å². The number of rotatable bonds is 2. The second-order valence-electron chi connectivity index (χ2n) is 4.26. The molecule has 0 N–H and O–H groups in total. The van der Waals surface area contributed by atoms with Crippen molar-refractivity contribution in [1.29, 1.82) is 0 Å². The molecule has 0 saturated heterocycles. The zero-order chi connectivity index (χ0) is 13.2. The van der Waals surface area contributed by atoms with E-state index >= 15 is 0 Å². The van der Waals surface area contributed by atoms with Gasteiger partial charge in [-0.1, -0.05) is 30.3 Å². The van der Waals surface area contributed by atoms with Gasteiger partial charge in [0.1, 0.15) is 5.82 Å². The summed E-state index contributed by atoms with van der Waals surface area (Å²) in [5.74, 6) is -0.641. The molecule has 2 nitrogen and oxygen atoms in total. The van der Waals surface area contributed by atoms with E-state index in [0.717, 1.165) is 10.9 Å². The van der Waals surface area contributed by atoms with Gasteiger partial charge in [-0.25, -0.2) is 4.39 Å². The van der Waals surface area contributed by atoms with Crippen molar-refractivity contribution in [1.82, 2.24) is 4.98 Å². The molecule has 2 aromatic carbocycles. The highest BCUT2D eigenvalue weighted by Crippen LogP contribution is 2.16. The average molecular weight is 251 g/mol. The molecule has 0 spiro atoms. The van der Waals surface area contributed by atoms with Crippen LogP contribution in [0.25, 0.3) is 10.9 Å². The van der Waals surface area contributed by atoms with Crippen LogP contribution in [0.3, 0.4) is 0 Å². The third kappa shape index (κ3) is 2.22. The van der Waals surface area contributed by atoms with Crippen LogP contribution < -0.4 is 0 Å². The van der Waals surface area contributed by atoms with Gasteiger partial charge in [0.15, 0.2) is 5.78 Å². The van der Waals surface area contributed by atoms with Crippen LogP contribution in [0.2, 0.25) is 0 Å². The number of para-hydroxylation sites is 1. The third-order valence-corrected chi connectivity index (χ3v) is 2.94. The van der Waals surface area contributed by atoms with E-state index in [9.17, 15) is 9.18 Å². The summed E-state index contributed by atoms with van der Waals surface area (Å²) in [5.41, 5.74) is 1.62. The first kappa shape index (κ1) is 11.5. The van der Waals surface area contributed by atoms with Gasteiger partial charge in [-0.2, -0.15) is 0 Å². The summed E-state index contributed by atoms with van der Waals surface area (Å²) in [6.45, 7) is 0. The number of hydrogen-bond acceptors (Lipinski definition) is 2. The molecular formula is C16H10FNO. The van der Waals surface area contributed by atoms with Crippen molar-refractivity contribution in [2.45, 2.75) is 0 Å². The number of carbonyl (C=O) groups is 1. The Labute approximate surface area is 109 Å². The van der Waals surface area contributed by atoms with Crippen LogP contribution in [0.1, 0.15) is 15.9 Å². The number of fused-ring (bicyclic) bond motifs is 1. The first-order valence-electron chi connectivity index (χ1n) is 5.89. The van der Waals surface area contributed by atoms with Crippen LogP contribution in [-0.4, -0.2) is 10.8 Å². The Balaban J connectivity index is 2.06. The monoisotopic (exact) mass is 251 g/mol. The Bertz CT molecular complexity index is 767. The Hall–Kier alpha value is -2.55. The van der Waals surface area contributed by atoms with Gasteiger partial charge in [-0.15, -0.1) is 0 Å². The van der Waals surface area contributed by atoms with Crippen LogP contribution in [0, 0.1) is 5.82 Å². The molecule has 0 radical (unpaired) electrons. The fraction of sp³-hybridized carbons (Fsp3) is 0. The van der Waals surface area contributed by atoms with E-state index in [1.807, 2.05) is 24.3 Å². The molecule has 19 heavy (non-hydrogen) atoms. The number of carbonyl (C=O) groups excluding carboxylic acids is 1. The van der Waals surface area contributed by atoms with Crippen molar-refractivity contribution in [2.24, 2.45) is 0 Å². The second-order valence-corrected chi connectivity index (χ2v) is 4.26. The molecule has 0 aliphatic carbocycles. The largest absolute Gasteiger partial charge is 0.289 e. The average Bonchev–Trinajstić information content (AvgIpc) is 2.46. The summed E-state index contributed by atoms with van der Waals surface area (Å²) in [5, 5.41) is 0.893. The van der Waals surface area contributed by atoms with E-state index < -0.39 is 5.82 Å². The Morgan fingerprint density at radius 2 is 1.79 bits per heavy atom. The van der Waals surface area contributed by atoms with Gasteiger partial charge in [0, 0.05) is 22.7 Å². The van der Waals surface area contributed by atoms with Crippen molar-refractivity contribution in [3.8, 4) is 0 Å². The van der Waals surface area contributed by atoms with Gasteiger partial charge >= 0.3 is 0 Å². The van der Waals surface area contributed by atoms with Gasteiger partial charge in [-0.05, 0) is 24.3 Å². The molecule has 3 rings (SSSR count). The standard InChI is InChI=1S/C16H10FNO/c17-14-6-3-5-12(9-14)16(19)13-8-11-4-1-2-7-15(11)18-10-13/h1-10H. The summed E-state index contributed by atoms with van der Waals surface area (Å²) >= 11 is 0. The minimum atomic E-state index is -0.417. The van der Waals surface area contributed by atoms with Crippen LogP contribution in [-0.2, 0) is 0 Å². The number of halogens is 1. The first-order valence-corrected chi connectivity index (χ1v) is 5.89. The molecule has 0 bridgehead atoms. The van der Waals surface area contributed by atoms with Crippen molar-refractivity contribution in [3.63, 3.8) is 0 Å². The lowest BCUT2D eigenvalue weighted by atomic mass is 10.0. The first-order chi connectivity index (χ1) is 9.24. The predicted molar refractivity (Wildman–Crippen MR) is 71.6 cm³/mol. The number of hydrogen-bond donors (Lipinski definition) is 0. The van der Waals surface area contributed by atoms with Crippen LogP contribution in [0.15, 0.2) is 60.8 Å².